The van der Waals surface area contributed by atoms with Crippen molar-refractivity contribution in [3.8, 4) is 5.75 Å². The number of nitrogens with zero attached hydrogens (tertiary/aromatic N) is 2. The lowest BCUT2D eigenvalue weighted by molar-refractivity contribution is 0.296. The van der Waals surface area contributed by atoms with Crippen LogP contribution in [0, 0.1) is 6.92 Å². The number of hydrogen-bond donors (Lipinski definition) is 2. The van der Waals surface area contributed by atoms with Gasteiger partial charge in [0.25, 0.3) is 0 Å². The molecule has 1 aromatic heterocycles. The van der Waals surface area contributed by atoms with Gasteiger partial charge in [-0.2, -0.15) is 4.98 Å². The number of nitrogen functional groups attached to an aromatic ring is 1. The van der Waals surface area contributed by atoms with Crippen LogP contribution in [0.5, 0.6) is 5.75 Å². The molecule has 96 valence electrons. The summed E-state index contributed by atoms with van der Waals surface area (Å²) in [6.45, 7) is 6.79. The standard InChI is InChI=1S/C13H18N4O/c1-8(2)11-5-4-10(6-9(11)3)18-7-12-15-13(14)17-16-12/h4-6,8H,7H2,1-3H3,(H3,14,15,16,17). The van der Waals surface area contributed by atoms with Gasteiger partial charge >= 0.3 is 0 Å². The number of aryl methyl sites for hydroxylation is 1. The fourth-order valence-electron chi connectivity index (χ4n) is 1.91. The van der Waals surface area contributed by atoms with Crippen molar-refractivity contribution < 1.29 is 4.74 Å². The van der Waals surface area contributed by atoms with Gasteiger partial charge in [0.15, 0.2) is 5.82 Å². The van der Waals surface area contributed by atoms with Gasteiger partial charge in [-0.1, -0.05) is 19.9 Å². The third kappa shape index (κ3) is 2.80. The topological polar surface area (TPSA) is 76.8 Å². The predicted octanol–water partition coefficient (Wildman–Crippen LogP) is 2.40. The van der Waals surface area contributed by atoms with Crippen molar-refractivity contribution in [2.45, 2.75) is 33.3 Å². The molecule has 0 aliphatic carbocycles. The minimum absolute atomic E-state index is 0.236. The summed E-state index contributed by atoms with van der Waals surface area (Å²) in [6, 6.07) is 6.11. The van der Waals surface area contributed by atoms with Crippen molar-refractivity contribution in [1.82, 2.24) is 15.2 Å². The van der Waals surface area contributed by atoms with Crippen LogP contribution in [0.15, 0.2) is 18.2 Å². The van der Waals surface area contributed by atoms with Gasteiger partial charge in [-0.05, 0) is 36.1 Å². The Morgan fingerprint density at radius 2 is 2.17 bits per heavy atom. The summed E-state index contributed by atoms with van der Waals surface area (Å²) < 4.78 is 5.63. The summed E-state index contributed by atoms with van der Waals surface area (Å²) in [5.41, 5.74) is 7.99. The second-order valence-corrected chi connectivity index (χ2v) is 4.60. The maximum atomic E-state index is 5.63. The highest BCUT2D eigenvalue weighted by molar-refractivity contribution is 5.36. The van der Waals surface area contributed by atoms with Gasteiger partial charge in [-0.15, -0.1) is 5.10 Å². The molecule has 0 saturated heterocycles. The Balaban J connectivity index is 2.04. The first-order valence-electron chi connectivity index (χ1n) is 5.96. The largest absolute Gasteiger partial charge is 0.486 e. The summed E-state index contributed by atoms with van der Waals surface area (Å²) in [7, 11) is 0. The lowest BCUT2D eigenvalue weighted by atomic mass is 9.98. The van der Waals surface area contributed by atoms with E-state index in [1.807, 2.05) is 12.1 Å². The summed E-state index contributed by atoms with van der Waals surface area (Å²) in [6.07, 6.45) is 0. The Morgan fingerprint density at radius 3 is 2.72 bits per heavy atom. The molecule has 3 N–H and O–H groups in total. The van der Waals surface area contributed by atoms with Crippen LogP contribution in [0.3, 0.4) is 0 Å². The molecular formula is C13H18N4O. The Hall–Kier alpha value is -2.04. The molecule has 0 radical (unpaired) electrons. The molecule has 2 rings (SSSR count). The number of aromatic amines is 1. The van der Waals surface area contributed by atoms with Gasteiger partial charge in [-0.3, -0.25) is 5.10 Å². The molecule has 5 heteroatoms. The number of benzene rings is 1. The van der Waals surface area contributed by atoms with Crippen LogP contribution >= 0.6 is 0 Å². The second-order valence-electron chi connectivity index (χ2n) is 4.60. The molecule has 18 heavy (non-hydrogen) atoms. The summed E-state index contributed by atoms with van der Waals surface area (Å²) in [4.78, 5) is 3.98. The van der Waals surface area contributed by atoms with Crippen LogP contribution in [0.2, 0.25) is 0 Å². The zero-order valence-corrected chi connectivity index (χ0v) is 10.9. The lowest BCUT2D eigenvalue weighted by Gasteiger charge is -2.11. The van der Waals surface area contributed by atoms with Crippen molar-refractivity contribution in [3.05, 3.63) is 35.2 Å². The van der Waals surface area contributed by atoms with Crippen LogP contribution in [-0.2, 0) is 6.61 Å². The normalized spacial score (nSPS) is 10.9. The molecule has 0 atom stereocenters. The molecule has 2 aromatic rings. The van der Waals surface area contributed by atoms with Gasteiger partial charge < -0.3 is 10.5 Å². The number of hydrogen-bond acceptors (Lipinski definition) is 4. The van der Waals surface area contributed by atoms with E-state index in [-0.39, 0.29) is 5.95 Å². The fraction of sp³-hybridized carbons (Fsp3) is 0.385. The molecule has 1 aromatic carbocycles. The van der Waals surface area contributed by atoms with E-state index in [0.29, 0.717) is 18.3 Å². The SMILES string of the molecule is Cc1cc(OCc2nc(N)n[nH]2)ccc1C(C)C. The number of H-pyrrole nitrogens is 1. The van der Waals surface area contributed by atoms with Crippen molar-refractivity contribution in [3.63, 3.8) is 0 Å². The minimum Gasteiger partial charge on any atom is -0.486 e. The predicted molar refractivity (Wildman–Crippen MR) is 70.4 cm³/mol. The number of nitrogens with one attached hydrogen (secondary N) is 1. The lowest BCUT2D eigenvalue weighted by Crippen LogP contribution is -1.99. The summed E-state index contributed by atoms with van der Waals surface area (Å²) in [5.74, 6) is 2.21. The van der Waals surface area contributed by atoms with E-state index in [9.17, 15) is 0 Å². The fourth-order valence-corrected chi connectivity index (χ4v) is 1.91. The minimum atomic E-state index is 0.236. The van der Waals surface area contributed by atoms with Gasteiger partial charge in [0, 0.05) is 0 Å². The first kappa shape index (κ1) is 12.4. The summed E-state index contributed by atoms with van der Waals surface area (Å²) in [5, 5.41) is 6.45. The second kappa shape index (κ2) is 5.08. The van der Waals surface area contributed by atoms with Crippen molar-refractivity contribution in [1.29, 1.82) is 0 Å². The van der Waals surface area contributed by atoms with Crippen LogP contribution in [-0.4, -0.2) is 15.2 Å². The number of nitrogens with two attached hydrogens (primary N) is 1. The zero-order valence-electron chi connectivity index (χ0n) is 10.9. The monoisotopic (exact) mass is 246 g/mol. The van der Waals surface area contributed by atoms with Crippen LogP contribution in [0.25, 0.3) is 0 Å². The Morgan fingerprint density at radius 1 is 1.39 bits per heavy atom. The Labute approximate surface area is 106 Å². The van der Waals surface area contributed by atoms with Gasteiger partial charge in [0.05, 0.1) is 0 Å². The molecule has 0 saturated carbocycles. The van der Waals surface area contributed by atoms with Gasteiger partial charge in [0.1, 0.15) is 12.4 Å². The number of aromatic nitrogens is 3. The van der Waals surface area contributed by atoms with Crippen LogP contribution in [0.4, 0.5) is 5.95 Å². The van der Waals surface area contributed by atoms with E-state index in [1.165, 1.54) is 11.1 Å². The van der Waals surface area contributed by atoms with E-state index in [1.54, 1.807) is 0 Å². The smallest absolute Gasteiger partial charge is 0.239 e. The maximum absolute atomic E-state index is 5.63. The van der Waals surface area contributed by atoms with Crippen LogP contribution < -0.4 is 10.5 Å². The average molecular weight is 246 g/mol. The van der Waals surface area contributed by atoms with Crippen molar-refractivity contribution in [2.24, 2.45) is 0 Å². The molecule has 0 spiro atoms. The van der Waals surface area contributed by atoms with E-state index in [2.05, 4.69) is 42.0 Å². The molecule has 0 aliphatic heterocycles. The van der Waals surface area contributed by atoms with E-state index in [4.69, 9.17) is 10.5 Å². The highest BCUT2D eigenvalue weighted by Gasteiger charge is 2.06. The Kier molecular flexibility index (Phi) is 3.50. The van der Waals surface area contributed by atoms with Crippen LogP contribution in [0.1, 0.15) is 36.7 Å². The Bertz CT molecular complexity index is 534. The van der Waals surface area contributed by atoms with Crippen molar-refractivity contribution >= 4 is 5.95 Å². The van der Waals surface area contributed by atoms with E-state index >= 15 is 0 Å². The average Bonchev–Trinajstić information content (AvgIpc) is 2.72. The van der Waals surface area contributed by atoms with E-state index < -0.39 is 0 Å². The number of anilines is 1. The third-order valence-corrected chi connectivity index (χ3v) is 2.79. The first-order chi connectivity index (χ1) is 8.56. The molecule has 0 aliphatic rings. The quantitative estimate of drug-likeness (QED) is 0.868. The highest BCUT2D eigenvalue weighted by Crippen LogP contribution is 2.23. The molecule has 0 bridgehead atoms. The summed E-state index contributed by atoms with van der Waals surface area (Å²) >= 11 is 0. The number of ether oxygens (including phenoxy) is 1. The highest BCUT2D eigenvalue weighted by atomic mass is 16.5. The molecule has 0 unspecified atom stereocenters. The molecule has 0 fully saturated rings. The molecule has 1 heterocycles. The first-order valence-corrected chi connectivity index (χ1v) is 5.96. The molecular weight excluding hydrogens is 228 g/mol. The van der Waals surface area contributed by atoms with Crippen molar-refractivity contribution in [2.75, 3.05) is 5.73 Å². The zero-order chi connectivity index (χ0) is 13.1. The van der Waals surface area contributed by atoms with Gasteiger partial charge in [-0.25, -0.2) is 0 Å². The molecule has 5 nitrogen and oxygen atoms in total. The molecule has 0 amide bonds. The maximum Gasteiger partial charge on any atom is 0.239 e. The number of rotatable bonds is 4. The van der Waals surface area contributed by atoms with E-state index in [0.717, 1.165) is 5.75 Å². The van der Waals surface area contributed by atoms with Gasteiger partial charge in [0.2, 0.25) is 5.95 Å². The third-order valence-electron chi connectivity index (χ3n) is 2.79.